The molecule has 0 aliphatic heterocycles. The molecule has 88 heavy (non-hydrogen) atoms. The van der Waals surface area contributed by atoms with Crippen LogP contribution in [-0.2, 0) is 63.7 Å². The van der Waals surface area contributed by atoms with Gasteiger partial charge in [-0.25, -0.2) is 9.97 Å². The van der Waals surface area contributed by atoms with Gasteiger partial charge in [0.1, 0.15) is 24.7 Å². The number of anilines is 2. The van der Waals surface area contributed by atoms with E-state index in [4.69, 9.17) is 29.5 Å². The maximum Gasteiger partial charge on any atom is 1.00 e. The van der Waals surface area contributed by atoms with Gasteiger partial charge < -0.3 is 40.2 Å². The molecule has 2 heterocycles. The first-order chi connectivity index (χ1) is 41.2. The topological polar surface area (TPSA) is 422 Å². The minimum atomic E-state index is -5.11. The number of nitrogens with one attached hydrogen (secondary N) is 2. The Morgan fingerprint density at radius 3 is 1.28 bits per heavy atom. The number of thiazole rings is 2. The number of hydrogen-bond donors (Lipinski definition) is 8. The average Bonchev–Trinajstić information content (AvgIpc) is 2.28. The molecule has 466 valence electrons. The van der Waals surface area contributed by atoms with E-state index >= 15 is 0 Å². The summed E-state index contributed by atoms with van der Waals surface area (Å²) < 4.78 is 119. The van der Waals surface area contributed by atoms with E-state index in [1.807, 2.05) is 0 Å². The molecule has 0 aliphatic carbocycles. The number of aliphatic hydroxyl groups is 3. The molecule has 0 fully saturated rings. The summed E-state index contributed by atoms with van der Waals surface area (Å²) in [5.74, 6) is -3.71. The van der Waals surface area contributed by atoms with E-state index in [9.17, 15) is 58.1 Å². The fourth-order valence-corrected chi connectivity index (χ4v) is 13.3. The van der Waals surface area contributed by atoms with Gasteiger partial charge in [-0.2, -0.15) is 45.7 Å². The summed E-state index contributed by atoms with van der Waals surface area (Å²) >= 11 is 2.09. The average molecular weight is 1320 g/mol. The van der Waals surface area contributed by atoms with Gasteiger partial charge in [0, 0.05) is 36.4 Å². The van der Waals surface area contributed by atoms with Crippen LogP contribution < -0.4 is 40.2 Å². The smallest absolute Gasteiger partial charge is 0.394 e. The fraction of sp³-hybridized carbons (Fsp3) is 0.333. The molecule has 2 atom stereocenters. The number of carbonyl (C=O) groups excluding carboxylic acids is 4. The summed E-state index contributed by atoms with van der Waals surface area (Å²) in [6, 6.07) is 18.0. The molecule has 0 aliphatic rings. The summed E-state index contributed by atoms with van der Waals surface area (Å²) in [4.78, 5) is 61.3. The van der Waals surface area contributed by atoms with Crippen molar-refractivity contribution < 1.29 is 117 Å². The summed E-state index contributed by atoms with van der Waals surface area (Å²) in [5, 5.41) is 46.9. The van der Waals surface area contributed by atoms with Crippen molar-refractivity contribution in [3.63, 3.8) is 0 Å². The van der Waals surface area contributed by atoms with Gasteiger partial charge in [0.2, 0.25) is 12.1 Å². The minimum Gasteiger partial charge on any atom is -0.394 e. The number of aromatic nitrogens is 2. The van der Waals surface area contributed by atoms with Crippen LogP contribution in [0.4, 0.5) is 22.7 Å². The Balaban J connectivity index is 0.000000607. The van der Waals surface area contributed by atoms with Crippen LogP contribution in [-0.4, -0.2) is 184 Å². The van der Waals surface area contributed by atoms with Gasteiger partial charge in [0.15, 0.2) is 11.6 Å². The Morgan fingerprint density at radius 2 is 0.932 bits per heavy atom. The first kappa shape index (κ1) is 72.6. The molecule has 28 nitrogen and oxygen atoms in total. The molecule has 8 N–H and O–H groups in total. The summed E-state index contributed by atoms with van der Waals surface area (Å²) in [7, 11) is -14.2. The number of Topliss-reactive ketones (excluding diaryl/α,β-unsaturated/α-hetero) is 2. The Kier molecular flexibility index (Phi) is 27.7. The molecule has 0 saturated heterocycles. The fourth-order valence-electron chi connectivity index (χ4n) is 7.99. The van der Waals surface area contributed by atoms with Crippen LogP contribution in [0.25, 0.3) is 41.6 Å². The van der Waals surface area contributed by atoms with Crippen molar-refractivity contribution in [3.8, 4) is 21.1 Å². The van der Waals surface area contributed by atoms with Crippen LogP contribution in [0.1, 0.15) is 25.0 Å². The summed E-state index contributed by atoms with van der Waals surface area (Å²) in [5.41, 5.74) is 2.14. The minimum absolute atomic E-state index is 0. The van der Waals surface area contributed by atoms with Gasteiger partial charge in [-0.3, -0.25) is 37.7 Å². The Hall–Kier alpha value is -6.19. The van der Waals surface area contributed by atoms with E-state index in [0.717, 1.165) is 74.4 Å². The molecule has 34 heteroatoms. The Labute approximate surface area is 535 Å². The molecule has 5 aromatic carbocycles. The number of fused-ring (bicyclic) bond motifs is 2. The number of rotatable bonds is 30. The Morgan fingerprint density at radius 1 is 0.545 bits per heavy atom. The molecule has 7 aromatic rings. The molecular weight excluding hydrogens is 1260 g/mol. The number of benzene rings is 5. The molecule has 0 radical (unpaired) electrons. The van der Waals surface area contributed by atoms with Crippen molar-refractivity contribution >= 4 is 120 Å². The van der Waals surface area contributed by atoms with E-state index < -0.39 is 76.4 Å². The van der Waals surface area contributed by atoms with Gasteiger partial charge in [-0.05, 0) is 118 Å². The third kappa shape index (κ3) is 20.7. The normalized spacial score (nSPS) is 12.7. The largest absolute Gasteiger partial charge is 1.00 e. The van der Waals surface area contributed by atoms with E-state index in [1.54, 1.807) is 50.2 Å². The van der Waals surface area contributed by atoms with Crippen LogP contribution >= 0.6 is 22.7 Å². The second-order valence-corrected chi connectivity index (χ2v) is 24.8. The van der Waals surface area contributed by atoms with E-state index in [1.165, 1.54) is 36.4 Å². The number of ketones is 2. The van der Waals surface area contributed by atoms with Crippen molar-refractivity contribution in [1.29, 1.82) is 0 Å². The van der Waals surface area contributed by atoms with Crippen LogP contribution in [0.15, 0.2) is 126 Å². The van der Waals surface area contributed by atoms with Crippen LogP contribution in [0.5, 0.6) is 0 Å². The third-order valence-corrected chi connectivity index (χ3v) is 17.7. The zero-order chi connectivity index (χ0) is 63.6. The van der Waals surface area contributed by atoms with Crippen molar-refractivity contribution in [1.82, 2.24) is 14.9 Å². The monoisotopic (exact) mass is 1320 g/mol. The molecule has 2 amide bonds. The van der Waals surface area contributed by atoms with Gasteiger partial charge in [0.05, 0.1) is 97.0 Å². The van der Waals surface area contributed by atoms with E-state index in [2.05, 4.69) is 46.0 Å². The summed E-state index contributed by atoms with van der Waals surface area (Å²) in [6.07, 6.45) is 0. The predicted molar refractivity (Wildman–Crippen MR) is 321 cm³/mol. The number of azo groups is 2. The Bertz CT molecular complexity index is 3970. The van der Waals surface area contributed by atoms with Crippen LogP contribution in [0.3, 0.4) is 0 Å². The van der Waals surface area contributed by atoms with Crippen LogP contribution in [0, 0.1) is 13.8 Å². The SMILES string of the molecule is CC(=O)C(N=Nc1ccc(-c2nc3ccc(C)c(S(=O)(=O)O)c3s2)cc1)C(=O)Nc1ccc(NC(=O)C(N=Nc2ccc(-c3nc4ccc(C)c(S(=O)(=O)O)c4s3)cc2)C(C)=O)c(S(=O)(=O)O)c1.OCCOCCN(CCOCCO)CCOCCO.[Na+]. The number of aliphatic hydroxyl groups excluding tert-OH is 3. The van der Waals surface area contributed by atoms with Crippen molar-refractivity contribution in [2.75, 3.05) is 89.7 Å². The van der Waals surface area contributed by atoms with E-state index in [-0.39, 0.29) is 85.6 Å². The molecule has 7 rings (SSSR count). The van der Waals surface area contributed by atoms with E-state index in [0.29, 0.717) is 82.9 Å². The molecule has 0 saturated carbocycles. The number of nitrogens with zero attached hydrogens (tertiary/aromatic N) is 7. The van der Waals surface area contributed by atoms with Crippen molar-refractivity contribution in [2.24, 2.45) is 20.5 Å². The standard InChI is InChI=1S/C42H34N8O13S5.C12H27NO6.Na/c1-20-5-16-30-35(37(20)67(58,59)60)64-41(45-30)24-7-11-26(12-8-24)47-49-33(22(3)51)39(53)43-28-15-18-29(32(19-28)66(55,56)57)44-40(54)34(23(4)52)50-48-27-13-9-25(10-14-27)42-46-31-17-6-21(2)38(36(31)65-42)68(61,62)63;14-4-10-17-7-1-13(2-8-18-11-5-15)3-9-19-12-6-16;/h5-19,33-34H,1-4H3,(H,43,53)(H,44,54)(H,55,56,57)(H,58,59,60)(H,61,62,63);14-16H,1-12H2;/q;;+1. The first-order valence-corrected chi connectivity index (χ1v) is 32.0. The first-order valence-electron chi connectivity index (χ1n) is 26.0. The maximum absolute atomic E-state index is 13.3. The van der Waals surface area contributed by atoms with Crippen molar-refractivity contribution in [3.05, 3.63) is 102 Å². The van der Waals surface area contributed by atoms with Crippen LogP contribution in [0.2, 0.25) is 0 Å². The van der Waals surface area contributed by atoms with Gasteiger partial charge >= 0.3 is 29.6 Å². The predicted octanol–water partition coefficient (Wildman–Crippen LogP) is 3.28. The number of aryl methyl sites for hydroxylation is 2. The molecular formula is C54H61N9NaO19S5+. The number of ether oxygens (including phenoxy) is 3. The second-order valence-electron chi connectivity index (χ2n) is 18.7. The van der Waals surface area contributed by atoms with Crippen molar-refractivity contribution in [2.45, 2.75) is 54.5 Å². The number of amides is 2. The van der Waals surface area contributed by atoms with Gasteiger partial charge in [-0.1, -0.05) is 12.1 Å². The number of carbonyl (C=O) groups is 4. The molecule has 2 unspecified atom stereocenters. The maximum atomic E-state index is 13.3. The molecule has 0 spiro atoms. The zero-order valence-electron chi connectivity index (χ0n) is 48.0. The third-order valence-electron chi connectivity index (χ3n) is 12.2. The van der Waals surface area contributed by atoms with Gasteiger partial charge in [0.25, 0.3) is 42.2 Å². The zero-order valence-corrected chi connectivity index (χ0v) is 54.0. The van der Waals surface area contributed by atoms with Gasteiger partial charge in [-0.15, -0.1) is 22.7 Å². The molecule has 2 aromatic heterocycles. The quantitative estimate of drug-likeness (QED) is 0.0105. The summed E-state index contributed by atoms with van der Waals surface area (Å²) in [6.45, 7) is 10.1. The second kappa shape index (κ2) is 33.6. The molecule has 0 bridgehead atoms. The number of hydrogen-bond acceptors (Lipinski definition) is 25.